The molecule has 3 rings (SSSR count). The first-order valence-corrected chi connectivity index (χ1v) is 9.86. The molecule has 154 valence electrons. The lowest BCUT2D eigenvalue weighted by Crippen LogP contribution is -2.51. The minimum atomic E-state index is -0.427. The molecule has 0 bridgehead atoms. The number of nitrogens with one attached hydrogen (secondary N) is 1. The quantitative estimate of drug-likeness (QED) is 0.808. The Balaban J connectivity index is 1.49. The number of pyridine rings is 1. The van der Waals surface area contributed by atoms with Gasteiger partial charge in [-0.2, -0.15) is 0 Å². The van der Waals surface area contributed by atoms with Gasteiger partial charge in [0.1, 0.15) is 5.75 Å². The smallest absolute Gasteiger partial charge is 0.253 e. The van der Waals surface area contributed by atoms with E-state index in [0.29, 0.717) is 19.1 Å². The van der Waals surface area contributed by atoms with E-state index >= 15 is 0 Å². The highest BCUT2D eigenvalue weighted by atomic mass is 16.3. The molecule has 1 aliphatic heterocycles. The Kier molecular flexibility index (Phi) is 6.49. The second-order valence-corrected chi connectivity index (χ2v) is 7.55. The third-order valence-corrected chi connectivity index (χ3v) is 5.61. The molecule has 0 radical (unpaired) electrons. The molecule has 0 spiro atoms. The van der Waals surface area contributed by atoms with Gasteiger partial charge in [0.05, 0.1) is 18.3 Å². The van der Waals surface area contributed by atoms with Crippen LogP contribution >= 0.6 is 0 Å². The van der Waals surface area contributed by atoms with E-state index in [4.69, 9.17) is 0 Å². The van der Waals surface area contributed by atoms with Crippen LogP contribution in [0.25, 0.3) is 0 Å². The number of carbonyl (C=O) groups is 2. The zero-order valence-corrected chi connectivity index (χ0v) is 17.2. The number of hydrogen-bond donors (Lipinski definition) is 2. The van der Waals surface area contributed by atoms with E-state index in [1.807, 2.05) is 0 Å². The normalized spacial score (nSPS) is 15.8. The fourth-order valence-corrected chi connectivity index (χ4v) is 3.52. The van der Waals surface area contributed by atoms with Crippen molar-refractivity contribution in [2.75, 3.05) is 32.7 Å². The summed E-state index contributed by atoms with van der Waals surface area (Å²) >= 11 is 0. The summed E-state index contributed by atoms with van der Waals surface area (Å²) in [6, 6.07) is 8.19. The molecule has 0 saturated carbocycles. The van der Waals surface area contributed by atoms with Gasteiger partial charge in [0.2, 0.25) is 5.91 Å². The fraction of sp³-hybridized carbons (Fsp3) is 0.409. The van der Waals surface area contributed by atoms with Crippen LogP contribution in [0.4, 0.5) is 0 Å². The van der Waals surface area contributed by atoms with Crippen molar-refractivity contribution in [2.45, 2.75) is 26.8 Å². The minimum Gasteiger partial charge on any atom is -0.506 e. The first kappa shape index (κ1) is 20.8. The van der Waals surface area contributed by atoms with Crippen molar-refractivity contribution < 1.29 is 14.7 Å². The van der Waals surface area contributed by atoms with Gasteiger partial charge in [0.25, 0.3) is 5.91 Å². The van der Waals surface area contributed by atoms with E-state index in [2.05, 4.69) is 54.2 Å². The molecule has 1 aromatic carbocycles. The number of rotatable bonds is 5. The standard InChI is InChI=1S/C22H28N4O3/c1-15-4-5-18(10-16(15)2)17(3)25-6-8-26(9-7-25)21(28)14-24-22(29)19-11-20(27)13-23-12-19/h4-5,10-13,17,27H,6-9,14H2,1-3H3,(H,24,29). The molecule has 1 fully saturated rings. The second kappa shape index (κ2) is 9.05. The summed E-state index contributed by atoms with van der Waals surface area (Å²) in [6.07, 6.45) is 2.60. The van der Waals surface area contributed by atoms with Crippen LogP contribution in [0.5, 0.6) is 5.75 Å². The van der Waals surface area contributed by atoms with Crippen molar-refractivity contribution >= 4 is 11.8 Å². The molecule has 2 aromatic rings. The monoisotopic (exact) mass is 396 g/mol. The number of amides is 2. The van der Waals surface area contributed by atoms with Crippen LogP contribution in [0, 0.1) is 13.8 Å². The number of carbonyl (C=O) groups excluding carboxylic acids is 2. The predicted octanol–water partition coefficient (Wildman–Crippen LogP) is 2.04. The van der Waals surface area contributed by atoms with Gasteiger partial charge < -0.3 is 15.3 Å². The van der Waals surface area contributed by atoms with Crippen molar-refractivity contribution in [3.63, 3.8) is 0 Å². The lowest BCUT2D eigenvalue weighted by Gasteiger charge is -2.38. The largest absolute Gasteiger partial charge is 0.506 e. The maximum absolute atomic E-state index is 12.5. The van der Waals surface area contributed by atoms with Crippen LogP contribution in [-0.2, 0) is 4.79 Å². The van der Waals surface area contributed by atoms with Crippen molar-refractivity contribution in [3.05, 3.63) is 58.9 Å². The molecule has 7 heteroatoms. The molecule has 1 atom stereocenters. The van der Waals surface area contributed by atoms with Crippen LogP contribution in [0.2, 0.25) is 0 Å². The number of aromatic nitrogens is 1. The third-order valence-electron chi connectivity index (χ3n) is 5.61. The summed E-state index contributed by atoms with van der Waals surface area (Å²) in [7, 11) is 0. The van der Waals surface area contributed by atoms with Crippen molar-refractivity contribution in [3.8, 4) is 5.75 Å². The molecule has 2 N–H and O–H groups in total. The number of benzene rings is 1. The minimum absolute atomic E-state index is 0.0683. The van der Waals surface area contributed by atoms with Crippen LogP contribution in [0.15, 0.2) is 36.7 Å². The lowest BCUT2D eigenvalue weighted by molar-refractivity contribution is -0.132. The summed E-state index contributed by atoms with van der Waals surface area (Å²) in [5.41, 5.74) is 4.10. The van der Waals surface area contributed by atoms with Crippen LogP contribution in [-0.4, -0.2) is 64.4 Å². The molecule has 1 aromatic heterocycles. The van der Waals surface area contributed by atoms with Crippen LogP contribution < -0.4 is 5.32 Å². The van der Waals surface area contributed by atoms with E-state index in [1.54, 1.807) is 4.90 Å². The predicted molar refractivity (Wildman–Crippen MR) is 111 cm³/mol. The Morgan fingerprint density at radius 3 is 2.48 bits per heavy atom. The molecule has 2 heterocycles. The maximum Gasteiger partial charge on any atom is 0.253 e. The molecule has 7 nitrogen and oxygen atoms in total. The Labute approximate surface area is 171 Å². The number of nitrogens with zero attached hydrogens (tertiary/aromatic N) is 3. The fourth-order valence-electron chi connectivity index (χ4n) is 3.52. The van der Waals surface area contributed by atoms with Gasteiger partial charge in [-0.15, -0.1) is 0 Å². The van der Waals surface area contributed by atoms with Gasteiger partial charge in [-0.05, 0) is 43.5 Å². The third kappa shape index (κ3) is 5.12. The van der Waals surface area contributed by atoms with Gasteiger partial charge in [0.15, 0.2) is 0 Å². The molecule has 29 heavy (non-hydrogen) atoms. The molecular weight excluding hydrogens is 368 g/mol. The van der Waals surface area contributed by atoms with E-state index < -0.39 is 5.91 Å². The highest BCUT2D eigenvalue weighted by Gasteiger charge is 2.25. The SMILES string of the molecule is Cc1ccc(C(C)N2CCN(C(=O)CNC(=O)c3cncc(O)c3)CC2)cc1C. The van der Waals surface area contributed by atoms with Crippen LogP contribution in [0.3, 0.4) is 0 Å². The Morgan fingerprint density at radius 2 is 1.83 bits per heavy atom. The average molecular weight is 396 g/mol. The highest BCUT2D eigenvalue weighted by Crippen LogP contribution is 2.23. The molecule has 0 aliphatic carbocycles. The number of aryl methyl sites for hydroxylation is 2. The van der Waals surface area contributed by atoms with Crippen LogP contribution in [0.1, 0.15) is 40.0 Å². The first-order chi connectivity index (χ1) is 13.8. The summed E-state index contributed by atoms with van der Waals surface area (Å²) < 4.78 is 0. The van der Waals surface area contributed by atoms with Gasteiger partial charge in [-0.3, -0.25) is 19.5 Å². The molecule has 2 amide bonds. The Morgan fingerprint density at radius 1 is 1.10 bits per heavy atom. The van der Waals surface area contributed by atoms with E-state index in [9.17, 15) is 14.7 Å². The highest BCUT2D eigenvalue weighted by molar-refractivity contribution is 5.96. The maximum atomic E-state index is 12.5. The number of hydrogen-bond acceptors (Lipinski definition) is 5. The number of aromatic hydroxyl groups is 1. The van der Waals surface area contributed by atoms with Gasteiger partial charge in [0, 0.05) is 38.4 Å². The van der Waals surface area contributed by atoms with Gasteiger partial charge >= 0.3 is 0 Å². The van der Waals surface area contributed by atoms with Gasteiger partial charge in [-0.25, -0.2) is 0 Å². The molecule has 1 unspecified atom stereocenters. The summed E-state index contributed by atoms with van der Waals surface area (Å²) in [5, 5.41) is 12.0. The molecule has 1 saturated heterocycles. The van der Waals surface area contributed by atoms with E-state index in [1.165, 1.54) is 35.2 Å². The summed E-state index contributed by atoms with van der Waals surface area (Å²) in [6.45, 7) is 9.24. The Hall–Kier alpha value is -2.93. The van der Waals surface area contributed by atoms with Crippen molar-refractivity contribution in [1.82, 2.24) is 20.1 Å². The average Bonchev–Trinajstić information content (AvgIpc) is 2.73. The van der Waals surface area contributed by atoms with Crippen molar-refractivity contribution in [1.29, 1.82) is 0 Å². The Bertz CT molecular complexity index is 891. The van der Waals surface area contributed by atoms with E-state index in [0.717, 1.165) is 13.1 Å². The van der Waals surface area contributed by atoms with Gasteiger partial charge in [-0.1, -0.05) is 18.2 Å². The second-order valence-electron chi connectivity index (χ2n) is 7.55. The summed E-state index contributed by atoms with van der Waals surface area (Å²) in [5.74, 6) is -0.619. The molecule has 1 aliphatic rings. The molecular formula is C22H28N4O3. The van der Waals surface area contributed by atoms with Crippen molar-refractivity contribution in [2.24, 2.45) is 0 Å². The topological polar surface area (TPSA) is 85.8 Å². The lowest BCUT2D eigenvalue weighted by atomic mass is 10.0. The zero-order valence-electron chi connectivity index (χ0n) is 17.2. The number of piperazine rings is 1. The first-order valence-electron chi connectivity index (χ1n) is 9.86. The zero-order chi connectivity index (χ0) is 21.0. The van der Waals surface area contributed by atoms with E-state index in [-0.39, 0.29) is 23.8 Å². The summed E-state index contributed by atoms with van der Waals surface area (Å²) in [4.78, 5) is 32.5.